The van der Waals surface area contributed by atoms with Crippen LogP contribution in [0.3, 0.4) is 0 Å². The molecule has 7 aromatic carbocycles. The van der Waals surface area contributed by atoms with Gasteiger partial charge < -0.3 is 19.4 Å². The van der Waals surface area contributed by atoms with E-state index in [4.69, 9.17) is 8.53 Å². The predicted octanol–water partition coefficient (Wildman–Crippen LogP) is 15.0. The Kier molecular flexibility index (Phi) is 11.6. The van der Waals surface area contributed by atoms with Gasteiger partial charge in [0, 0.05) is 33.5 Å². The third kappa shape index (κ3) is 9.44. The van der Waals surface area contributed by atoms with Crippen molar-refractivity contribution in [2.24, 2.45) is 0 Å². The van der Waals surface area contributed by atoms with E-state index in [-0.39, 0.29) is 25.7 Å². The van der Waals surface area contributed by atoms with Crippen LogP contribution in [0.25, 0.3) is 89.1 Å². The smallest absolute Gasteiger partial charge is 0.456 e. The summed E-state index contributed by atoms with van der Waals surface area (Å²) in [7, 11) is 0. The normalized spacial score (nSPS) is 12.0. The van der Waals surface area contributed by atoms with Crippen molar-refractivity contribution in [1.82, 2.24) is 15.0 Å². The van der Waals surface area contributed by atoms with Gasteiger partial charge in [-0.1, -0.05) is 132 Å². The second-order valence-corrected chi connectivity index (χ2v) is 16.6. The summed E-state index contributed by atoms with van der Waals surface area (Å²) in [6.45, 7) is -2.27. The Morgan fingerprint density at radius 3 is 1.69 bits per heavy atom. The summed E-state index contributed by atoms with van der Waals surface area (Å²) in [5, 5.41) is 2.06. The summed E-state index contributed by atoms with van der Waals surface area (Å²) in [5.74, 6) is 0. The maximum Gasteiger partial charge on any atom is 3.00 e. The van der Waals surface area contributed by atoms with Crippen LogP contribution >= 0.6 is 0 Å². The number of nitrogens with zero attached hydrogens (tertiary/aromatic N) is 3. The largest absolute Gasteiger partial charge is 3.00 e. The van der Waals surface area contributed by atoms with Crippen molar-refractivity contribution < 1.29 is 28.6 Å². The van der Waals surface area contributed by atoms with E-state index in [9.17, 15) is 0 Å². The van der Waals surface area contributed by atoms with Crippen molar-refractivity contribution in [2.75, 3.05) is 0 Å². The first-order valence-electron chi connectivity index (χ1n) is 23.8. The standard InChI is InChI=1S/C62H44N3O.Ir/c1-42-32-35-65-60(36-42)50-28-30-54(56(41-50)49-29-31-62-57(40-49)55-12-4-5-15-61(55)66-62)53-11-3-2-10-52(53)51-38-45(18-16-43-20-24-47(25-21-43)58-13-6-8-33-63-58)37-46(39-51)19-17-44-22-26-48(27-23-44)59-14-7-9-34-64-59;/h2-15,20-24,26,29-41H,16-19H2,1H3;/q-3;+3/i1D3;. The number of fused-ring (bicyclic) bond motifs is 3. The van der Waals surface area contributed by atoms with Gasteiger partial charge in [-0.05, 0) is 101 Å². The molecule has 67 heavy (non-hydrogen) atoms. The van der Waals surface area contributed by atoms with Gasteiger partial charge in [0.2, 0.25) is 0 Å². The molecule has 0 amide bonds. The summed E-state index contributed by atoms with van der Waals surface area (Å²) >= 11 is 0. The summed E-state index contributed by atoms with van der Waals surface area (Å²) in [6, 6.07) is 72.5. The molecule has 322 valence electrons. The van der Waals surface area contributed by atoms with Crippen LogP contribution in [0, 0.1) is 25.1 Å². The Morgan fingerprint density at radius 1 is 0.418 bits per heavy atom. The summed E-state index contributed by atoms with van der Waals surface area (Å²) in [6.07, 6.45) is 8.60. The van der Waals surface area contributed by atoms with Gasteiger partial charge >= 0.3 is 20.1 Å². The number of benzene rings is 7. The number of pyridine rings is 3. The van der Waals surface area contributed by atoms with E-state index in [1.54, 1.807) is 18.3 Å². The first-order chi connectivity index (χ1) is 33.8. The number of hydrogen-bond acceptors (Lipinski definition) is 4. The van der Waals surface area contributed by atoms with Gasteiger partial charge in [-0.25, -0.2) is 0 Å². The van der Waals surface area contributed by atoms with E-state index >= 15 is 0 Å². The van der Waals surface area contributed by atoms with Crippen LogP contribution in [0.1, 0.15) is 31.9 Å². The predicted molar refractivity (Wildman–Crippen MR) is 269 cm³/mol. The van der Waals surface area contributed by atoms with E-state index < -0.39 is 6.85 Å². The quantitative estimate of drug-likeness (QED) is 0.114. The SMILES string of the molecule is [2H]C([2H])([2H])c1ccnc(-c2[c-]cc(-c3ccccc3-c3cc(CCc4c[c-]c(-c5ccccn5)cc4)cc(CCc4c[c-]c(-c5ccccn5)cc4)c3)c(-c3ccc4oc5ccccc5c4c3)c2)c1.[Ir+3]. The molecular formula is C62H44IrN3O. The minimum atomic E-state index is -2.27. The number of aryl methyl sites for hydroxylation is 5. The van der Waals surface area contributed by atoms with Crippen LogP contribution < -0.4 is 0 Å². The molecule has 5 heteroatoms. The monoisotopic (exact) mass is 1040 g/mol. The molecule has 4 nitrogen and oxygen atoms in total. The number of aromatic nitrogens is 3. The summed E-state index contributed by atoms with van der Waals surface area (Å²) < 4.78 is 30.6. The third-order valence-corrected chi connectivity index (χ3v) is 12.3. The Bertz CT molecular complexity index is 3490. The van der Waals surface area contributed by atoms with Crippen LogP contribution in [0.4, 0.5) is 0 Å². The maximum absolute atomic E-state index is 8.11. The molecule has 0 fully saturated rings. The minimum Gasteiger partial charge on any atom is -0.456 e. The van der Waals surface area contributed by atoms with Crippen LogP contribution in [0.15, 0.2) is 205 Å². The number of rotatable bonds is 12. The van der Waals surface area contributed by atoms with E-state index in [1.165, 1.54) is 22.3 Å². The van der Waals surface area contributed by atoms with E-state index in [1.807, 2.05) is 79.1 Å². The molecule has 0 atom stereocenters. The molecule has 0 aliphatic heterocycles. The molecule has 4 heterocycles. The molecule has 11 aromatic rings. The first kappa shape index (κ1) is 39.8. The molecule has 0 saturated carbocycles. The minimum absolute atomic E-state index is 0. The molecule has 4 aromatic heterocycles. The van der Waals surface area contributed by atoms with Gasteiger partial charge in [-0.3, -0.25) is 0 Å². The second-order valence-electron chi connectivity index (χ2n) is 16.6. The molecule has 0 radical (unpaired) electrons. The fourth-order valence-corrected chi connectivity index (χ4v) is 8.91. The van der Waals surface area contributed by atoms with Crippen molar-refractivity contribution >= 4 is 21.9 Å². The van der Waals surface area contributed by atoms with Crippen LogP contribution in [0.5, 0.6) is 0 Å². The molecule has 0 bridgehead atoms. The number of furan rings is 1. The average molecular weight is 1040 g/mol. The van der Waals surface area contributed by atoms with Crippen molar-refractivity contribution in [3.63, 3.8) is 0 Å². The van der Waals surface area contributed by atoms with Gasteiger partial charge in [0.15, 0.2) is 0 Å². The summed E-state index contributed by atoms with van der Waals surface area (Å²) in [4.78, 5) is 13.7. The zero-order valence-electron chi connectivity index (χ0n) is 39.5. The van der Waals surface area contributed by atoms with Crippen LogP contribution in [0.2, 0.25) is 0 Å². The van der Waals surface area contributed by atoms with Gasteiger partial charge in [0.25, 0.3) is 0 Å². The topological polar surface area (TPSA) is 51.8 Å². The van der Waals surface area contributed by atoms with Crippen molar-refractivity contribution in [1.29, 1.82) is 0 Å². The first-order valence-corrected chi connectivity index (χ1v) is 22.3. The van der Waals surface area contributed by atoms with E-state index in [2.05, 4.69) is 136 Å². The zero-order valence-corrected chi connectivity index (χ0v) is 38.9. The summed E-state index contributed by atoms with van der Waals surface area (Å²) in [5.41, 5.74) is 18.1. The van der Waals surface area contributed by atoms with Gasteiger partial charge in [-0.15, -0.1) is 94.5 Å². The van der Waals surface area contributed by atoms with Crippen LogP contribution in [-0.4, -0.2) is 15.0 Å². The van der Waals surface area contributed by atoms with Crippen molar-refractivity contribution in [3.05, 3.63) is 247 Å². The van der Waals surface area contributed by atoms with E-state index in [0.717, 1.165) is 104 Å². The number of para-hydroxylation sites is 1. The Morgan fingerprint density at radius 2 is 1.03 bits per heavy atom. The van der Waals surface area contributed by atoms with Gasteiger partial charge in [0.1, 0.15) is 11.2 Å². The van der Waals surface area contributed by atoms with Crippen molar-refractivity contribution in [3.8, 4) is 67.2 Å². The molecule has 0 aliphatic carbocycles. The molecule has 0 unspecified atom stereocenters. The second kappa shape index (κ2) is 19.5. The molecule has 0 aliphatic rings. The fourth-order valence-electron chi connectivity index (χ4n) is 8.91. The average Bonchev–Trinajstić information content (AvgIpc) is 3.78. The Balaban J connectivity index is 0.00000567. The molecule has 0 saturated heterocycles. The third-order valence-electron chi connectivity index (χ3n) is 12.3. The Hall–Kier alpha value is -7.56. The molecule has 0 spiro atoms. The molecule has 0 N–H and O–H groups in total. The number of hydrogen-bond donors (Lipinski definition) is 0. The van der Waals surface area contributed by atoms with Crippen molar-refractivity contribution in [2.45, 2.75) is 32.5 Å². The van der Waals surface area contributed by atoms with Crippen LogP contribution in [-0.2, 0) is 45.8 Å². The van der Waals surface area contributed by atoms with E-state index in [0.29, 0.717) is 11.3 Å². The maximum atomic E-state index is 8.11. The Labute approximate surface area is 409 Å². The molecule has 11 rings (SSSR count). The molecular weight excluding hydrogens is 995 g/mol. The zero-order chi connectivity index (χ0) is 46.7. The van der Waals surface area contributed by atoms with Gasteiger partial charge in [0.05, 0.1) is 0 Å². The fraction of sp³-hybridized carbons (Fsp3) is 0.0806. The van der Waals surface area contributed by atoms with Gasteiger partial charge in [-0.2, -0.15) is 0 Å².